The number of benzene rings is 1. The first-order valence-electron chi connectivity index (χ1n) is 6.77. The Morgan fingerprint density at radius 3 is 2.52 bits per heavy atom. The van der Waals surface area contributed by atoms with E-state index >= 15 is 0 Å². The first-order valence-corrected chi connectivity index (χ1v) is 8.32. The van der Waals surface area contributed by atoms with E-state index in [4.69, 9.17) is 8.37 Å². The molecule has 3 aliphatic heterocycles. The van der Waals surface area contributed by atoms with Gasteiger partial charge in [-0.2, -0.15) is 0 Å². The molecule has 1 aromatic rings. The summed E-state index contributed by atoms with van der Waals surface area (Å²) >= 11 is 0. The van der Waals surface area contributed by atoms with Gasteiger partial charge in [-0.05, 0) is 18.2 Å². The molecule has 4 rings (SSSR count). The van der Waals surface area contributed by atoms with Crippen LogP contribution >= 0.6 is 10.6 Å². The fraction of sp³-hybridized carbons (Fsp3) is 0.286. The van der Waals surface area contributed by atoms with Gasteiger partial charge in [0.2, 0.25) is 0 Å². The topological polar surface area (TPSA) is 67.9 Å². The molecule has 0 radical (unpaired) electrons. The van der Waals surface area contributed by atoms with E-state index in [2.05, 4.69) is 10.2 Å². The van der Waals surface area contributed by atoms with E-state index < -0.39 is 22.5 Å². The summed E-state index contributed by atoms with van der Waals surface area (Å²) in [5.74, 6) is -1.81. The van der Waals surface area contributed by atoms with Gasteiger partial charge >= 0.3 is 11.9 Å². The second kappa shape index (κ2) is 4.51. The van der Waals surface area contributed by atoms with Crippen LogP contribution in [0, 0.1) is 0 Å². The maximum Gasteiger partial charge on any atom is 0.441 e. The summed E-state index contributed by atoms with van der Waals surface area (Å²) in [7, 11) is -2.37. The highest BCUT2D eigenvalue weighted by Crippen LogP contribution is 2.67. The summed E-state index contributed by atoms with van der Waals surface area (Å²) in [6.45, 7) is 3.73. The number of hydrogen-bond acceptors (Lipinski definition) is 6. The van der Waals surface area contributed by atoms with Crippen molar-refractivity contribution in [2.45, 2.75) is 4.90 Å². The molecule has 0 bridgehead atoms. The number of piperazine rings is 1. The molecule has 0 aliphatic carbocycles. The van der Waals surface area contributed by atoms with Crippen molar-refractivity contribution in [1.82, 2.24) is 5.32 Å². The van der Waals surface area contributed by atoms with E-state index in [-0.39, 0.29) is 0 Å². The molecule has 1 N–H and O–H groups in total. The number of rotatable bonds is 1. The Hall–Kier alpha value is -1.99. The monoisotopic (exact) mass is 306 g/mol. The molecule has 1 spiro atoms. The minimum atomic E-state index is -2.37. The van der Waals surface area contributed by atoms with E-state index in [0.717, 1.165) is 42.3 Å². The van der Waals surface area contributed by atoms with Crippen LogP contribution in [-0.4, -0.2) is 38.1 Å². The Balaban J connectivity index is 1.76. The molecule has 0 unspecified atom stereocenters. The molecule has 0 saturated carbocycles. The minimum Gasteiger partial charge on any atom is -0.368 e. The van der Waals surface area contributed by atoms with E-state index in [1.807, 2.05) is 24.3 Å². The lowest BCUT2D eigenvalue weighted by Gasteiger charge is -2.33. The molecule has 2 saturated heterocycles. The molecule has 3 heterocycles. The van der Waals surface area contributed by atoms with Gasteiger partial charge in [-0.15, -0.1) is 0 Å². The number of fused-ring (bicyclic) bond motifs is 2. The number of carbonyl (C=O) groups is 2. The van der Waals surface area contributed by atoms with Gasteiger partial charge in [0.25, 0.3) is 0 Å². The predicted molar refractivity (Wildman–Crippen MR) is 78.6 cm³/mol. The second-order valence-corrected chi connectivity index (χ2v) is 7.15. The zero-order chi connectivity index (χ0) is 14.4. The van der Waals surface area contributed by atoms with Crippen molar-refractivity contribution >= 4 is 34.3 Å². The molecule has 21 heavy (non-hydrogen) atoms. The summed E-state index contributed by atoms with van der Waals surface area (Å²) in [6, 6.07) is 5.83. The van der Waals surface area contributed by atoms with Crippen LogP contribution in [-0.2, 0) is 18.0 Å². The van der Waals surface area contributed by atoms with Crippen LogP contribution in [0.2, 0.25) is 0 Å². The van der Waals surface area contributed by atoms with Gasteiger partial charge in [-0.25, -0.2) is 9.59 Å². The van der Waals surface area contributed by atoms with Gasteiger partial charge in [-0.1, -0.05) is 16.7 Å². The summed E-state index contributed by atoms with van der Waals surface area (Å²) < 4.78 is 10.5. The Labute approximate surface area is 123 Å². The highest BCUT2D eigenvalue weighted by atomic mass is 32.3. The lowest BCUT2D eigenvalue weighted by atomic mass is 10.1. The van der Waals surface area contributed by atoms with Crippen LogP contribution in [0.4, 0.5) is 5.69 Å². The minimum absolute atomic E-state index is 0.790. The highest BCUT2D eigenvalue weighted by molar-refractivity contribution is 8.29. The Morgan fingerprint density at radius 1 is 1.10 bits per heavy atom. The van der Waals surface area contributed by atoms with Crippen LogP contribution in [0.25, 0.3) is 6.08 Å². The third-order valence-electron chi connectivity index (χ3n) is 3.79. The lowest BCUT2D eigenvalue weighted by molar-refractivity contribution is -0.150. The molecule has 110 valence electrons. The number of carbonyl (C=O) groups excluding carboxylic acids is 2. The van der Waals surface area contributed by atoms with Crippen molar-refractivity contribution in [1.29, 1.82) is 0 Å². The van der Waals surface area contributed by atoms with Gasteiger partial charge in [-0.3, -0.25) is 0 Å². The summed E-state index contributed by atoms with van der Waals surface area (Å²) in [6.07, 6.45) is 1.90. The summed E-state index contributed by atoms with van der Waals surface area (Å²) in [5.41, 5.74) is 2.07. The molecule has 0 aromatic heterocycles. The van der Waals surface area contributed by atoms with Crippen molar-refractivity contribution in [3.05, 3.63) is 29.2 Å². The molecule has 0 atom stereocenters. The third kappa shape index (κ3) is 1.85. The van der Waals surface area contributed by atoms with Crippen molar-refractivity contribution in [2.24, 2.45) is 0 Å². The molecular weight excluding hydrogens is 292 g/mol. The zero-order valence-corrected chi connectivity index (χ0v) is 12.0. The van der Waals surface area contributed by atoms with E-state index in [1.165, 1.54) is 0 Å². The number of nitrogens with one attached hydrogen (secondary N) is 1. The molecule has 7 heteroatoms. The second-order valence-electron chi connectivity index (χ2n) is 5.02. The third-order valence-corrected chi connectivity index (χ3v) is 6.05. The first-order chi connectivity index (χ1) is 10.2. The SMILES string of the molecule is O=C1OS2(C=Cc3c(N4CCNCC4)cccc32)OC1=O. The molecule has 2 fully saturated rings. The average molecular weight is 306 g/mol. The fourth-order valence-electron chi connectivity index (χ4n) is 2.82. The van der Waals surface area contributed by atoms with E-state index in [0.29, 0.717) is 0 Å². The molecule has 3 aliphatic rings. The van der Waals surface area contributed by atoms with E-state index in [1.54, 1.807) is 5.41 Å². The quantitative estimate of drug-likeness (QED) is 0.786. The Bertz CT molecular complexity index is 651. The van der Waals surface area contributed by atoms with Gasteiger partial charge in [0.1, 0.15) is 0 Å². The maximum atomic E-state index is 11.4. The van der Waals surface area contributed by atoms with Gasteiger partial charge in [0, 0.05) is 37.4 Å². The van der Waals surface area contributed by atoms with Crippen LogP contribution < -0.4 is 10.2 Å². The molecular formula is C14H14N2O4S. The maximum absolute atomic E-state index is 11.4. The normalized spacial score (nSPS) is 23.9. The molecule has 1 aromatic carbocycles. The van der Waals surface area contributed by atoms with Crippen LogP contribution in [0.15, 0.2) is 28.5 Å². The van der Waals surface area contributed by atoms with Crippen molar-refractivity contribution in [3.63, 3.8) is 0 Å². The summed E-state index contributed by atoms with van der Waals surface area (Å²) in [5, 5.41) is 5.03. The Kier molecular flexibility index (Phi) is 2.73. The number of hydrogen-bond donors (Lipinski definition) is 1. The molecule has 0 amide bonds. The lowest BCUT2D eigenvalue weighted by Crippen LogP contribution is -2.43. The van der Waals surface area contributed by atoms with Crippen LogP contribution in [0.5, 0.6) is 0 Å². The highest BCUT2D eigenvalue weighted by Gasteiger charge is 2.45. The zero-order valence-electron chi connectivity index (χ0n) is 11.2. The van der Waals surface area contributed by atoms with Crippen LogP contribution in [0.1, 0.15) is 5.56 Å². The number of nitrogens with zero attached hydrogens (tertiary/aromatic N) is 1. The first kappa shape index (κ1) is 12.7. The summed E-state index contributed by atoms with van der Waals surface area (Å²) in [4.78, 5) is 25.9. The predicted octanol–water partition coefficient (Wildman–Crippen LogP) is 1.17. The van der Waals surface area contributed by atoms with E-state index in [9.17, 15) is 9.59 Å². The smallest absolute Gasteiger partial charge is 0.368 e. The standard InChI is InChI=1S/C14H14N2O4S/c17-13-14(18)20-21(19-13)9-4-10-11(2-1-3-12(10)21)16-7-5-15-6-8-16/h1-4,9,15H,5-8H2. The van der Waals surface area contributed by atoms with Crippen molar-refractivity contribution < 1.29 is 18.0 Å². The average Bonchev–Trinajstić information content (AvgIpc) is 3.01. The van der Waals surface area contributed by atoms with Crippen LogP contribution in [0.3, 0.4) is 0 Å². The largest absolute Gasteiger partial charge is 0.441 e. The van der Waals surface area contributed by atoms with Crippen molar-refractivity contribution in [2.75, 3.05) is 31.1 Å². The van der Waals surface area contributed by atoms with Gasteiger partial charge in [0.05, 0.1) is 10.3 Å². The Morgan fingerprint density at radius 2 is 1.81 bits per heavy atom. The van der Waals surface area contributed by atoms with Gasteiger partial charge < -0.3 is 18.6 Å². The van der Waals surface area contributed by atoms with Gasteiger partial charge in [0.15, 0.2) is 0 Å². The number of anilines is 1. The van der Waals surface area contributed by atoms with Crippen molar-refractivity contribution in [3.8, 4) is 0 Å². The molecule has 6 nitrogen and oxygen atoms in total. The fourth-order valence-corrected chi connectivity index (χ4v) is 4.94.